The second-order valence-corrected chi connectivity index (χ2v) is 14.5. The van der Waals surface area contributed by atoms with Crippen LogP contribution in [0.1, 0.15) is 25.0 Å². The summed E-state index contributed by atoms with van der Waals surface area (Å²) in [6.45, 7) is 4.54. The van der Waals surface area contributed by atoms with Crippen molar-refractivity contribution in [3.8, 4) is 90.3 Å². The zero-order chi connectivity index (χ0) is 36.4. The van der Waals surface area contributed by atoms with Crippen LogP contribution in [-0.4, -0.2) is 9.97 Å². The number of hydrogen-bond acceptors (Lipinski definition) is 5. The van der Waals surface area contributed by atoms with Crippen LogP contribution >= 0.6 is 0 Å². The van der Waals surface area contributed by atoms with Gasteiger partial charge in [-0.25, -0.2) is 9.97 Å². The first kappa shape index (κ1) is 31.7. The van der Waals surface area contributed by atoms with Gasteiger partial charge < -0.3 is 15.2 Å². The predicted octanol–water partition coefficient (Wildman–Crippen LogP) is 12.6. The zero-order valence-electron chi connectivity index (χ0n) is 29.9. The third-order valence-corrected chi connectivity index (χ3v) is 10.7. The molecule has 10 rings (SSSR count). The van der Waals surface area contributed by atoms with Gasteiger partial charge in [0, 0.05) is 27.8 Å². The molecule has 0 spiro atoms. The number of rotatable bonds is 5. The van der Waals surface area contributed by atoms with Gasteiger partial charge >= 0.3 is 0 Å². The Labute approximate surface area is 314 Å². The number of hydrogen-bond donors (Lipinski definition) is 1. The summed E-state index contributed by atoms with van der Waals surface area (Å²) in [5, 5.41) is 0. The molecule has 1 aliphatic heterocycles. The normalized spacial score (nSPS) is 13.1. The average Bonchev–Trinajstić information content (AvgIpc) is 3.44. The van der Waals surface area contributed by atoms with Crippen LogP contribution in [0, 0.1) is 0 Å². The van der Waals surface area contributed by atoms with Crippen molar-refractivity contribution in [2.75, 3.05) is 5.73 Å². The molecule has 54 heavy (non-hydrogen) atoms. The molecule has 0 bridgehead atoms. The molecule has 0 saturated carbocycles. The van der Waals surface area contributed by atoms with Crippen LogP contribution in [-0.2, 0) is 5.41 Å². The first-order valence-electron chi connectivity index (χ1n) is 18.2. The fourth-order valence-electron chi connectivity index (χ4n) is 7.92. The van der Waals surface area contributed by atoms with E-state index < -0.39 is 0 Å². The molecule has 8 aromatic rings. The number of fused-ring (bicyclic) bond motifs is 5. The fourth-order valence-corrected chi connectivity index (χ4v) is 7.92. The molecule has 258 valence electrons. The van der Waals surface area contributed by atoms with Gasteiger partial charge in [0.2, 0.25) is 0 Å². The molecular weight excluding hydrogens is 663 g/mol. The summed E-state index contributed by atoms with van der Waals surface area (Å²) >= 11 is 0. The summed E-state index contributed by atoms with van der Waals surface area (Å²) in [7, 11) is 0. The maximum Gasteiger partial charge on any atom is 0.170 e. The Kier molecular flexibility index (Phi) is 7.24. The van der Waals surface area contributed by atoms with E-state index in [2.05, 4.69) is 123 Å². The number of ether oxygens (including phenoxy) is 2. The second kappa shape index (κ2) is 12.3. The molecular formula is C49H35N3O2. The summed E-state index contributed by atoms with van der Waals surface area (Å²) in [5.41, 5.74) is 20.4. The second-order valence-electron chi connectivity index (χ2n) is 14.5. The molecule has 5 heteroatoms. The Morgan fingerprint density at radius 1 is 0.407 bits per heavy atom. The molecule has 1 aromatic heterocycles. The quantitative estimate of drug-likeness (QED) is 0.181. The highest BCUT2D eigenvalue weighted by molar-refractivity contribution is 5.86. The number of nitrogens with two attached hydrogens (primary N) is 1. The Morgan fingerprint density at radius 2 is 1.02 bits per heavy atom. The molecule has 0 atom stereocenters. The molecule has 0 amide bonds. The number of anilines is 1. The Bertz CT molecular complexity index is 2770. The highest BCUT2D eigenvalue weighted by Gasteiger charge is 2.37. The van der Waals surface area contributed by atoms with E-state index in [4.69, 9.17) is 25.2 Å². The molecule has 5 nitrogen and oxygen atoms in total. The van der Waals surface area contributed by atoms with Crippen molar-refractivity contribution >= 4 is 5.69 Å². The largest absolute Gasteiger partial charge is 0.450 e. The minimum absolute atomic E-state index is 0.128. The van der Waals surface area contributed by atoms with E-state index in [1.807, 2.05) is 54.6 Å². The van der Waals surface area contributed by atoms with E-state index in [0.717, 1.165) is 61.8 Å². The van der Waals surface area contributed by atoms with Gasteiger partial charge in [-0.15, -0.1) is 0 Å². The number of nitrogen functional groups attached to an aromatic ring is 1. The minimum Gasteiger partial charge on any atom is -0.450 e. The maximum absolute atomic E-state index is 6.64. The van der Waals surface area contributed by atoms with Crippen LogP contribution in [0.3, 0.4) is 0 Å². The van der Waals surface area contributed by atoms with Crippen LogP contribution in [0.4, 0.5) is 5.69 Å². The first-order chi connectivity index (χ1) is 26.4. The van der Waals surface area contributed by atoms with Gasteiger partial charge in [-0.2, -0.15) is 0 Å². The number of nitrogens with zero attached hydrogens (tertiary/aromatic N) is 2. The van der Waals surface area contributed by atoms with Gasteiger partial charge in [0.1, 0.15) is 0 Å². The van der Waals surface area contributed by atoms with Gasteiger partial charge in [0.05, 0.1) is 11.4 Å². The molecule has 0 saturated heterocycles. The molecule has 1 aliphatic carbocycles. The lowest BCUT2D eigenvalue weighted by Crippen LogP contribution is -2.15. The Balaban J connectivity index is 1.06. The third kappa shape index (κ3) is 5.32. The standard InChI is InChI=1S/C49H35N3O2/c1-49(2)40-21-9-8-19-37(40)39-27-46-47(28-41(39)49)53-44-23-22-33(26-45(44)54-46)36-18-6-7-20-38(36)48-51-42(30-12-4-3-5-13-30)29-43(52-48)34-16-10-14-31(24-34)32-15-11-17-35(50)25-32/h3-29H,50H2,1-2H3. The fraction of sp³-hybridized carbons (Fsp3) is 0.0612. The summed E-state index contributed by atoms with van der Waals surface area (Å²) in [6, 6.07) is 56.0. The number of benzene rings is 7. The van der Waals surface area contributed by atoms with Gasteiger partial charge in [0.15, 0.2) is 28.8 Å². The van der Waals surface area contributed by atoms with Crippen LogP contribution in [0.15, 0.2) is 164 Å². The molecule has 2 N–H and O–H groups in total. The number of aromatic nitrogens is 2. The van der Waals surface area contributed by atoms with Crippen LogP contribution in [0.5, 0.6) is 23.0 Å². The van der Waals surface area contributed by atoms with Crippen LogP contribution in [0.2, 0.25) is 0 Å². The Hall–Kier alpha value is -6.98. The summed E-state index contributed by atoms with van der Waals surface area (Å²) < 4.78 is 13.2. The molecule has 2 heterocycles. The summed E-state index contributed by atoms with van der Waals surface area (Å²) in [4.78, 5) is 10.4. The van der Waals surface area contributed by atoms with E-state index in [9.17, 15) is 0 Å². The molecule has 0 fully saturated rings. The minimum atomic E-state index is -0.128. The lowest BCUT2D eigenvalue weighted by atomic mass is 9.82. The van der Waals surface area contributed by atoms with E-state index in [-0.39, 0.29) is 5.41 Å². The van der Waals surface area contributed by atoms with Crippen molar-refractivity contribution in [3.63, 3.8) is 0 Å². The topological polar surface area (TPSA) is 70.3 Å². The van der Waals surface area contributed by atoms with Crippen molar-refractivity contribution < 1.29 is 9.47 Å². The molecule has 0 unspecified atom stereocenters. The van der Waals surface area contributed by atoms with Gasteiger partial charge in [-0.1, -0.05) is 129 Å². The molecule has 0 radical (unpaired) electrons. The van der Waals surface area contributed by atoms with Crippen molar-refractivity contribution in [1.29, 1.82) is 0 Å². The Morgan fingerprint density at radius 3 is 1.83 bits per heavy atom. The molecule has 2 aliphatic rings. The van der Waals surface area contributed by atoms with E-state index >= 15 is 0 Å². The monoisotopic (exact) mass is 697 g/mol. The first-order valence-corrected chi connectivity index (χ1v) is 18.2. The lowest BCUT2D eigenvalue weighted by molar-refractivity contribution is 0.359. The maximum atomic E-state index is 6.64. The van der Waals surface area contributed by atoms with Crippen LogP contribution < -0.4 is 15.2 Å². The summed E-state index contributed by atoms with van der Waals surface area (Å²) in [6.07, 6.45) is 0. The van der Waals surface area contributed by atoms with Gasteiger partial charge in [-0.05, 0) is 93.0 Å². The van der Waals surface area contributed by atoms with Crippen molar-refractivity contribution in [2.45, 2.75) is 19.3 Å². The molecule has 7 aromatic carbocycles. The average molecular weight is 698 g/mol. The SMILES string of the molecule is CC1(C)c2ccccc2-c2cc3c(cc21)Oc1ccc(-c2ccccc2-c2nc(-c4ccccc4)cc(-c4cccc(-c5cccc(N)c5)c4)n2)cc1O3. The van der Waals surface area contributed by atoms with Crippen molar-refractivity contribution in [3.05, 3.63) is 175 Å². The third-order valence-electron chi connectivity index (χ3n) is 10.7. The van der Waals surface area contributed by atoms with Crippen molar-refractivity contribution in [2.24, 2.45) is 0 Å². The highest BCUT2D eigenvalue weighted by Crippen LogP contribution is 2.55. The summed E-state index contributed by atoms with van der Waals surface area (Å²) in [5.74, 6) is 3.42. The van der Waals surface area contributed by atoms with Gasteiger partial charge in [-0.3, -0.25) is 0 Å². The zero-order valence-corrected chi connectivity index (χ0v) is 29.9. The van der Waals surface area contributed by atoms with Gasteiger partial charge in [0.25, 0.3) is 0 Å². The highest BCUT2D eigenvalue weighted by atomic mass is 16.6. The van der Waals surface area contributed by atoms with E-state index in [0.29, 0.717) is 23.1 Å². The van der Waals surface area contributed by atoms with Crippen LogP contribution in [0.25, 0.3) is 67.3 Å². The predicted molar refractivity (Wildman–Crippen MR) is 218 cm³/mol. The smallest absolute Gasteiger partial charge is 0.170 e. The van der Waals surface area contributed by atoms with E-state index in [1.54, 1.807) is 0 Å². The lowest BCUT2D eigenvalue weighted by Gasteiger charge is -2.25. The van der Waals surface area contributed by atoms with Crippen molar-refractivity contribution in [1.82, 2.24) is 9.97 Å². The van der Waals surface area contributed by atoms with E-state index in [1.165, 1.54) is 22.3 Å².